The Hall–Kier alpha value is -1.51. The maximum absolute atomic E-state index is 8.61. The lowest BCUT2D eigenvalue weighted by molar-refractivity contribution is 0.319. The van der Waals surface area contributed by atoms with E-state index in [1.54, 1.807) is 13.3 Å². The average Bonchev–Trinajstić information content (AvgIpc) is 2.29. The van der Waals surface area contributed by atoms with Crippen LogP contribution in [0.4, 0.5) is 0 Å². The minimum Gasteiger partial charge on any atom is -0.497 e. The molecule has 1 unspecified atom stereocenters. The normalized spacial score (nSPS) is 20.2. The second-order valence-electron chi connectivity index (χ2n) is 3.83. The van der Waals surface area contributed by atoms with Crippen LogP contribution in [0.25, 0.3) is 0 Å². The topological polar surface area (TPSA) is 41.8 Å². The van der Waals surface area contributed by atoms with E-state index in [1.165, 1.54) is 11.1 Å². The minimum atomic E-state index is 0.230. The van der Waals surface area contributed by atoms with Gasteiger partial charge in [0.15, 0.2) is 0 Å². The number of fused-ring (bicyclic) bond motifs is 1. The second kappa shape index (κ2) is 4.34. The van der Waals surface area contributed by atoms with Crippen molar-refractivity contribution >= 4 is 6.21 Å². The predicted octanol–water partition coefficient (Wildman–Crippen LogP) is 2.58. The van der Waals surface area contributed by atoms with Crippen LogP contribution in [-0.2, 0) is 6.42 Å². The summed E-state index contributed by atoms with van der Waals surface area (Å²) in [7, 11) is 1.67. The Balaban J connectivity index is 2.39. The first-order valence-corrected chi connectivity index (χ1v) is 5.19. The maximum Gasteiger partial charge on any atom is 0.119 e. The standard InChI is InChI=1S/C12H15NO2/c1-15-11-6-5-9-3-2-4-10(8-13-14)12(9)7-11/h5-8,10,14H,2-4H2,1H3. The number of ether oxygens (including phenoxy) is 1. The van der Waals surface area contributed by atoms with Gasteiger partial charge in [-0.25, -0.2) is 0 Å². The number of methoxy groups -OCH3 is 1. The van der Waals surface area contributed by atoms with Gasteiger partial charge in [0, 0.05) is 5.92 Å². The summed E-state index contributed by atoms with van der Waals surface area (Å²) in [6, 6.07) is 6.13. The summed E-state index contributed by atoms with van der Waals surface area (Å²) < 4.78 is 5.20. The van der Waals surface area contributed by atoms with Crippen LogP contribution in [0.5, 0.6) is 5.75 Å². The summed E-state index contributed by atoms with van der Waals surface area (Å²) in [5, 5.41) is 11.8. The Kier molecular flexibility index (Phi) is 2.90. The quantitative estimate of drug-likeness (QED) is 0.458. The SMILES string of the molecule is COc1ccc2c(c1)C(C=NO)CCC2. The van der Waals surface area contributed by atoms with Gasteiger partial charge in [-0.15, -0.1) is 5.16 Å². The number of hydrogen-bond acceptors (Lipinski definition) is 3. The summed E-state index contributed by atoms with van der Waals surface area (Å²) >= 11 is 0. The Labute approximate surface area is 89.4 Å². The number of aryl methyl sites for hydroxylation is 1. The number of hydrogen-bond donors (Lipinski definition) is 1. The third kappa shape index (κ3) is 1.96. The molecule has 1 aromatic carbocycles. The fourth-order valence-corrected chi connectivity index (χ4v) is 2.18. The van der Waals surface area contributed by atoms with Crippen molar-refractivity contribution in [2.75, 3.05) is 7.11 Å². The van der Waals surface area contributed by atoms with E-state index in [2.05, 4.69) is 11.2 Å². The van der Waals surface area contributed by atoms with Crippen LogP contribution < -0.4 is 4.74 Å². The fraction of sp³-hybridized carbons (Fsp3) is 0.417. The smallest absolute Gasteiger partial charge is 0.119 e. The number of nitrogens with zero attached hydrogens (tertiary/aromatic N) is 1. The summed E-state index contributed by atoms with van der Waals surface area (Å²) in [4.78, 5) is 0. The maximum atomic E-state index is 8.61. The predicted molar refractivity (Wildman–Crippen MR) is 59.0 cm³/mol. The van der Waals surface area contributed by atoms with Gasteiger partial charge in [-0.2, -0.15) is 0 Å². The highest BCUT2D eigenvalue weighted by Crippen LogP contribution is 2.32. The van der Waals surface area contributed by atoms with Gasteiger partial charge >= 0.3 is 0 Å². The average molecular weight is 205 g/mol. The molecular formula is C12H15NO2. The van der Waals surface area contributed by atoms with Crippen molar-refractivity contribution in [2.45, 2.75) is 25.2 Å². The van der Waals surface area contributed by atoms with Gasteiger partial charge in [-0.1, -0.05) is 6.07 Å². The van der Waals surface area contributed by atoms with Crippen molar-refractivity contribution < 1.29 is 9.94 Å². The van der Waals surface area contributed by atoms with Crippen LogP contribution in [0.15, 0.2) is 23.4 Å². The molecule has 2 rings (SSSR count). The molecule has 0 saturated carbocycles. The van der Waals surface area contributed by atoms with Gasteiger partial charge in [0.1, 0.15) is 5.75 Å². The van der Waals surface area contributed by atoms with Gasteiger partial charge < -0.3 is 9.94 Å². The largest absolute Gasteiger partial charge is 0.497 e. The number of oxime groups is 1. The van der Waals surface area contributed by atoms with E-state index in [9.17, 15) is 0 Å². The van der Waals surface area contributed by atoms with Crippen molar-refractivity contribution in [3.05, 3.63) is 29.3 Å². The first-order chi connectivity index (χ1) is 7.35. The molecule has 80 valence electrons. The summed E-state index contributed by atoms with van der Waals surface area (Å²) in [6.45, 7) is 0. The Morgan fingerprint density at radius 3 is 3.13 bits per heavy atom. The molecule has 15 heavy (non-hydrogen) atoms. The molecule has 3 nitrogen and oxygen atoms in total. The summed E-state index contributed by atoms with van der Waals surface area (Å²) in [6.07, 6.45) is 4.91. The Bertz CT molecular complexity index is 374. The molecule has 0 aromatic heterocycles. The zero-order chi connectivity index (χ0) is 10.7. The molecule has 1 atom stereocenters. The molecule has 0 saturated heterocycles. The molecule has 0 radical (unpaired) electrons. The number of benzene rings is 1. The first-order valence-electron chi connectivity index (χ1n) is 5.19. The molecule has 0 amide bonds. The van der Waals surface area contributed by atoms with Gasteiger partial charge in [0.05, 0.1) is 13.3 Å². The van der Waals surface area contributed by atoms with Crippen LogP contribution in [-0.4, -0.2) is 18.5 Å². The highest BCUT2D eigenvalue weighted by molar-refractivity contribution is 5.69. The highest BCUT2D eigenvalue weighted by Gasteiger charge is 2.19. The minimum absolute atomic E-state index is 0.230. The van der Waals surface area contributed by atoms with Crippen molar-refractivity contribution in [3.63, 3.8) is 0 Å². The van der Waals surface area contributed by atoms with E-state index in [0.717, 1.165) is 25.0 Å². The lowest BCUT2D eigenvalue weighted by Gasteiger charge is -2.22. The van der Waals surface area contributed by atoms with Crippen LogP contribution in [0, 0.1) is 0 Å². The van der Waals surface area contributed by atoms with Crippen molar-refractivity contribution in [1.82, 2.24) is 0 Å². The van der Waals surface area contributed by atoms with Gasteiger partial charge in [0.25, 0.3) is 0 Å². The van der Waals surface area contributed by atoms with E-state index < -0.39 is 0 Å². The fourth-order valence-electron chi connectivity index (χ4n) is 2.18. The second-order valence-corrected chi connectivity index (χ2v) is 3.83. The molecule has 1 aromatic rings. The van der Waals surface area contributed by atoms with Gasteiger partial charge in [-0.3, -0.25) is 0 Å². The number of rotatable bonds is 2. The molecule has 0 heterocycles. The van der Waals surface area contributed by atoms with Gasteiger partial charge in [0.2, 0.25) is 0 Å². The van der Waals surface area contributed by atoms with E-state index >= 15 is 0 Å². The van der Waals surface area contributed by atoms with Gasteiger partial charge in [-0.05, 0) is 42.5 Å². The molecular weight excluding hydrogens is 190 g/mol. The zero-order valence-electron chi connectivity index (χ0n) is 8.81. The van der Waals surface area contributed by atoms with E-state index in [4.69, 9.17) is 9.94 Å². The van der Waals surface area contributed by atoms with E-state index in [0.29, 0.717) is 0 Å². The lowest BCUT2D eigenvalue weighted by Crippen LogP contribution is -2.11. The Morgan fingerprint density at radius 1 is 1.53 bits per heavy atom. The molecule has 0 spiro atoms. The zero-order valence-corrected chi connectivity index (χ0v) is 8.81. The van der Waals surface area contributed by atoms with Crippen LogP contribution in [0.3, 0.4) is 0 Å². The lowest BCUT2D eigenvalue weighted by atomic mass is 9.83. The van der Waals surface area contributed by atoms with E-state index in [-0.39, 0.29) is 5.92 Å². The van der Waals surface area contributed by atoms with Crippen LogP contribution in [0.2, 0.25) is 0 Å². The molecule has 0 aliphatic heterocycles. The third-order valence-electron chi connectivity index (χ3n) is 2.96. The molecule has 0 bridgehead atoms. The molecule has 0 fully saturated rings. The molecule has 1 N–H and O–H groups in total. The highest BCUT2D eigenvalue weighted by atomic mass is 16.5. The van der Waals surface area contributed by atoms with Crippen molar-refractivity contribution in [1.29, 1.82) is 0 Å². The van der Waals surface area contributed by atoms with Crippen molar-refractivity contribution in [3.8, 4) is 5.75 Å². The monoisotopic (exact) mass is 205 g/mol. The first kappa shape index (κ1) is 10.0. The molecule has 3 heteroatoms. The molecule has 1 aliphatic rings. The van der Waals surface area contributed by atoms with E-state index in [1.807, 2.05) is 12.1 Å². The van der Waals surface area contributed by atoms with Crippen LogP contribution >= 0.6 is 0 Å². The Morgan fingerprint density at radius 2 is 2.40 bits per heavy atom. The van der Waals surface area contributed by atoms with Crippen LogP contribution in [0.1, 0.15) is 29.9 Å². The third-order valence-corrected chi connectivity index (χ3v) is 2.96. The van der Waals surface area contributed by atoms with Crippen molar-refractivity contribution in [2.24, 2.45) is 5.16 Å². The molecule has 1 aliphatic carbocycles. The summed E-state index contributed by atoms with van der Waals surface area (Å²) in [5.74, 6) is 1.10. The summed E-state index contributed by atoms with van der Waals surface area (Å²) in [5.41, 5.74) is 2.57.